The Morgan fingerprint density at radius 1 is 1.12 bits per heavy atom. The van der Waals surface area contributed by atoms with E-state index in [1.807, 2.05) is 42.5 Å². The van der Waals surface area contributed by atoms with Gasteiger partial charge in [-0.1, -0.05) is 48.2 Å². The molecule has 2 aromatic carbocycles. The van der Waals surface area contributed by atoms with Gasteiger partial charge in [0.15, 0.2) is 0 Å². The molecule has 1 aliphatic rings. The normalized spacial score (nSPS) is 13.5. The van der Waals surface area contributed by atoms with Crippen LogP contribution >= 0.6 is 0 Å². The van der Waals surface area contributed by atoms with Crippen LogP contribution in [0.25, 0.3) is 0 Å². The Morgan fingerprint density at radius 2 is 1.92 bits per heavy atom. The number of carbonyl (C=O) groups is 1. The van der Waals surface area contributed by atoms with Gasteiger partial charge in [-0.3, -0.25) is 0 Å². The van der Waals surface area contributed by atoms with E-state index >= 15 is 0 Å². The number of carbonyl (C=O) groups excluding carboxylic acids is 1. The number of anilines is 1. The largest absolute Gasteiger partial charge is 0.445 e. The Hall–Kier alpha value is -2.97. The molecule has 0 radical (unpaired) electrons. The molecule has 1 fully saturated rings. The molecular formula is C21H23N3O2. The average molecular weight is 349 g/mol. The van der Waals surface area contributed by atoms with Crippen molar-refractivity contribution in [3.63, 3.8) is 0 Å². The standard InChI is InChI=1S/C21H23N3O2/c25-21(26-17-19-6-2-1-3-7-19)23-11-5-9-18-8-4-10-20(16-18)24-14-12-22-13-15-24/h1-4,6-8,10,16,22H,11-15,17H2,(H,23,25). The molecule has 1 saturated heterocycles. The predicted octanol–water partition coefficient (Wildman–Crippen LogP) is 2.37. The molecule has 1 heterocycles. The van der Waals surface area contributed by atoms with Gasteiger partial charge in [0.2, 0.25) is 0 Å². The van der Waals surface area contributed by atoms with Gasteiger partial charge in [-0.05, 0) is 23.8 Å². The number of amides is 1. The van der Waals surface area contributed by atoms with Gasteiger partial charge in [0.05, 0.1) is 6.54 Å². The molecule has 0 unspecified atom stereocenters. The molecule has 0 bridgehead atoms. The maximum Gasteiger partial charge on any atom is 0.408 e. The maximum absolute atomic E-state index is 11.7. The van der Waals surface area contributed by atoms with Crippen LogP contribution in [0.2, 0.25) is 0 Å². The minimum Gasteiger partial charge on any atom is -0.445 e. The van der Waals surface area contributed by atoms with Crippen LogP contribution in [0.5, 0.6) is 0 Å². The first-order chi connectivity index (χ1) is 12.8. The van der Waals surface area contributed by atoms with Crippen molar-refractivity contribution in [2.45, 2.75) is 6.61 Å². The van der Waals surface area contributed by atoms with Crippen LogP contribution in [-0.4, -0.2) is 38.8 Å². The Labute approximate surface area is 154 Å². The molecule has 0 saturated carbocycles. The predicted molar refractivity (Wildman–Crippen MR) is 103 cm³/mol. The molecule has 26 heavy (non-hydrogen) atoms. The van der Waals surface area contributed by atoms with E-state index in [1.54, 1.807) is 0 Å². The summed E-state index contributed by atoms with van der Waals surface area (Å²) >= 11 is 0. The molecular weight excluding hydrogens is 326 g/mol. The quantitative estimate of drug-likeness (QED) is 0.832. The molecule has 3 rings (SSSR count). The van der Waals surface area contributed by atoms with E-state index in [0.717, 1.165) is 37.3 Å². The Kier molecular flexibility index (Phi) is 6.52. The lowest BCUT2D eigenvalue weighted by molar-refractivity contribution is 0.141. The van der Waals surface area contributed by atoms with Crippen molar-refractivity contribution in [2.24, 2.45) is 0 Å². The smallest absolute Gasteiger partial charge is 0.408 e. The number of piperazine rings is 1. The van der Waals surface area contributed by atoms with Gasteiger partial charge < -0.3 is 20.3 Å². The molecule has 0 aliphatic carbocycles. The van der Waals surface area contributed by atoms with Crippen LogP contribution in [-0.2, 0) is 11.3 Å². The number of nitrogens with zero attached hydrogens (tertiary/aromatic N) is 1. The van der Waals surface area contributed by atoms with Crippen molar-refractivity contribution in [1.29, 1.82) is 0 Å². The lowest BCUT2D eigenvalue weighted by atomic mass is 10.2. The summed E-state index contributed by atoms with van der Waals surface area (Å²) in [7, 11) is 0. The van der Waals surface area contributed by atoms with Crippen LogP contribution in [0.3, 0.4) is 0 Å². The molecule has 0 aromatic heterocycles. The van der Waals surface area contributed by atoms with E-state index < -0.39 is 6.09 Å². The zero-order valence-electron chi connectivity index (χ0n) is 14.7. The third-order valence-electron chi connectivity index (χ3n) is 4.09. The van der Waals surface area contributed by atoms with Crippen LogP contribution in [0.1, 0.15) is 11.1 Å². The first kappa shape index (κ1) is 17.8. The van der Waals surface area contributed by atoms with Crippen LogP contribution in [0, 0.1) is 11.8 Å². The highest BCUT2D eigenvalue weighted by atomic mass is 16.5. The van der Waals surface area contributed by atoms with Gasteiger partial charge in [0.1, 0.15) is 6.61 Å². The van der Waals surface area contributed by atoms with E-state index in [2.05, 4.69) is 39.5 Å². The molecule has 1 aliphatic heterocycles. The summed E-state index contributed by atoms with van der Waals surface area (Å²) in [6.07, 6.45) is -0.460. The second-order valence-corrected chi connectivity index (χ2v) is 6.00. The van der Waals surface area contributed by atoms with Crippen LogP contribution < -0.4 is 15.5 Å². The average Bonchev–Trinajstić information content (AvgIpc) is 2.71. The number of nitrogens with one attached hydrogen (secondary N) is 2. The first-order valence-corrected chi connectivity index (χ1v) is 8.80. The third-order valence-corrected chi connectivity index (χ3v) is 4.09. The Balaban J connectivity index is 1.45. The summed E-state index contributed by atoms with van der Waals surface area (Å²) in [6.45, 7) is 4.53. The highest BCUT2D eigenvalue weighted by Crippen LogP contribution is 2.16. The summed E-state index contributed by atoms with van der Waals surface area (Å²) in [4.78, 5) is 14.0. The molecule has 5 nitrogen and oxygen atoms in total. The molecule has 1 amide bonds. The molecule has 0 spiro atoms. The second-order valence-electron chi connectivity index (χ2n) is 6.00. The van der Waals surface area contributed by atoms with Crippen LogP contribution in [0.4, 0.5) is 10.5 Å². The first-order valence-electron chi connectivity index (χ1n) is 8.80. The number of alkyl carbamates (subject to hydrolysis) is 1. The van der Waals surface area contributed by atoms with Crippen molar-refractivity contribution < 1.29 is 9.53 Å². The fraction of sp³-hybridized carbons (Fsp3) is 0.286. The van der Waals surface area contributed by atoms with Gasteiger partial charge in [-0.15, -0.1) is 0 Å². The monoisotopic (exact) mass is 349 g/mol. The maximum atomic E-state index is 11.7. The van der Waals surface area contributed by atoms with E-state index in [0.29, 0.717) is 0 Å². The SMILES string of the molecule is O=C(NCC#Cc1cccc(N2CCNCC2)c1)OCc1ccccc1. The fourth-order valence-electron chi connectivity index (χ4n) is 2.74. The fourth-order valence-corrected chi connectivity index (χ4v) is 2.74. The number of ether oxygens (including phenoxy) is 1. The number of benzene rings is 2. The van der Waals surface area contributed by atoms with Gasteiger partial charge in [-0.25, -0.2) is 4.79 Å². The molecule has 0 atom stereocenters. The summed E-state index contributed by atoms with van der Waals surface area (Å²) in [5.74, 6) is 6.06. The minimum absolute atomic E-state index is 0.255. The minimum atomic E-state index is -0.460. The number of rotatable bonds is 4. The zero-order chi connectivity index (χ0) is 18.0. The topological polar surface area (TPSA) is 53.6 Å². The molecule has 2 N–H and O–H groups in total. The van der Waals surface area contributed by atoms with E-state index in [1.165, 1.54) is 5.69 Å². The third kappa shape index (κ3) is 5.54. The number of hydrogen-bond donors (Lipinski definition) is 2. The van der Waals surface area contributed by atoms with E-state index in [9.17, 15) is 4.79 Å². The molecule has 134 valence electrons. The van der Waals surface area contributed by atoms with Crippen molar-refractivity contribution in [1.82, 2.24) is 10.6 Å². The Morgan fingerprint density at radius 3 is 2.73 bits per heavy atom. The van der Waals surface area contributed by atoms with Gasteiger partial charge in [0, 0.05) is 37.4 Å². The lowest BCUT2D eigenvalue weighted by Crippen LogP contribution is -2.43. The van der Waals surface area contributed by atoms with Gasteiger partial charge >= 0.3 is 6.09 Å². The van der Waals surface area contributed by atoms with Crippen LogP contribution in [0.15, 0.2) is 54.6 Å². The highest BCUT2D eigenvalue weighted by molar-refractivity contribution is 5.67. The summed E-state index contributed by atoms with van der Waals surface area (Å²) in [5.41, 5.74) is 3.09. The van der Waals surface area contributed by atoms with Crippen molar-refractivity contribution in [2.75, 3.05) is 37.6 Å². The second kappa shape index (κ2) is 9.50. The van der Waals surface area contributed by atoms with Crippen molar-refractivity contribution >= 4 is 11.8 Å². The van der Waals surface area contributed by atoms with Gasteiger partial charge in [-0.2, -0.15) is 0 Å². The molecule has 2 aromatic rings. The number of hydrogen-bond acceptors (Lipinski definition) is 4. The van der Waals surface area contributed by atoms with E-state index in [4.69, 9.17) is 4.74 Å². The Bertz CT molecular complexity index is 775. The van der Waals surface area contributed by atoms with Crippen molar-refractivity contribution in [3.8, 4) is 11.8 Å². The van der Waals surface area contributed by atoms with Gasteiger partial charge in [0.25, 0.3) is 0 Å². The summed E-state index contributed by atoms with van der Waals surface area (Å²) in [5, 5.41) is 6.00. The zero-order valence-corrected chi connectivity index (χ0v) is 14.7. The van der Waals surface area contributed by atoms with E-state index in [-0.39, 0.29) is 13.2 Å². The highest BCUT2D eigenvalue weighted by Gasteiger charge is 2.09. The lowest BCUT2D eigenvalue weighted by Gasteiger charge is -2.29. The molecule has 5 heteroatoms. The summed E-state index contributed by atoms with van der Waals surface area (Å²) in [6, 6.07) is 17.8. The van der Waals surface area contributed by atoms with Crippen molar-refractivity contribution in [3.05, 3.63) is 65.7 Å². The summed E-state index contributed by atoms with van der Waals surface area (Å²) < 4.78 is 5.15.